The zero-order valence-electron chi connectivity index (χ0n) is 15.4. The fraction of sp³-hybridized carbons (Fsp3) is 0.316. The number of benzene rings is 2. The van der Waals surface area contributed by atoms with Crippen molar-refractivity contribution in [3.63, 3.8) is 0 Å². The lowest BCUT2D eigenvalue weighted by Gasteiger charge is -2.16. The van der Waals surface area contributed by atoms with Gasteiger partial charge < -0.3 is 10.1 Å². The Hall–Kier alpha value is -2.54. The van der Waals surface area contributed by atoms with Crippen molar-refractivity contribution in [2.45, 2.75) is 20.8 Å². The van der Waals surface area contributed by atoms with Gasteiger partial charge in [0, 0.05) is 11.8 Å². The van der Waals surface area contributed by atoms with E-state index in [0.717, 1.165) is 11.1 Å². The molecule has 0 radical (unpaired) electrons. The van der Waals surface area contributed by atoms with Gasteiger partial charge in [-0.2, -0.15) is 0 Å². The third-order valence-corrected chi connectivity index (χ3v) is 5.61. The van der Waals surface area contributed by atoms with Crippen LogP contribution in [0.4, 0.5) is 11.4 Å². The first-order valence-corrected chi connectivity index (χ1v) is 9.88. The average molecular weight is 376 g/mol. The van der Waals surface area contributed by atoms with Gasteiger partial charge in [0.25, 0.3) is 0 Å². The Kier molecular flexibility index (Phi) is 6.26. The molecular formula is C19H24N2O4S. The van der Waals surface area contributed by atoms with Gasteiger partial charge in [0.05, 0.1) is 24.5 Å². The fourth-order valence-corrected chi connectivity index (χ4v) is 3.83. The van der Waals surface area contributed by atoms with Gasteiger partial charge in [-0.3, -0.25) is 9.52 Å². The number of amides is 1. The van der Waals surface area contributed by atoms with Crippen LogP contribution in [-0.2, 0) is 14.8 Å². The van der Waals surface area contributed by atoms with E-state index in [1.807, 2.05) is 26.0 Å². The zero-order valence-corrected chi connectivity index (χ0v) is 16.2. The van der Waals surface area contributed by atoms with Crippen LogP contribution < -0.4 is 14.8 Å². The summed E-state index contributed by atoms with van der Waals surface area (Å²) in [5.41, 5.74) is 3.11. The number of carbonyl (C=O) groups is 1. The van der Waals surface area contributed by atoms with Gasteiger partial charge in [-0.25, -0.2) is 8.42 Å². The highest BCUT2D eigenvalue weighted by molar-refractivity contribution is 7.92. The van der Waals surface area contributed by atoms with Gasteiger partial charge in [-0.15, -0.1) is 0 Å². The summed E-state index contributed by atoms with van der Waals surface area (Å²) in [5, 5.41) is 2.80. The lowest BCUT2D eigenvalue weighted by Crippen LogP contribution is -2.30. The van der Waals surface area contributed by atoms with E-state index < -0.39 is 15.9 Å². The zero-order chi connectivity index (χ0) is 19.3. The van der Waals surface area contributed by atoms with Crippen molar-refractivity contribution >= 4 is 27.3 Å². The molecule has 6 nitrogen and oxygen atoms in total. The van der Waals surface area contributed by atoms with Crippen molar-refractivity contribution in [1.82, 2.24) is 0 Å². The predicted octanol–water partition coefficient (Wildman–Crippen LogP) is 3.33. The number of hydrogen-bond donors (Lipinski definition) is 2. The molecule has 7 heteroatoms. The topological polar surface area (TPSA) is 84.5 Å². The Balaban J connectivity index is 2.03. The summed E-state index contributed by atoms with van der Waals surface area (Å²) in [6.07, 6.45) is 0. The smallest absolute Gasteiger partial charge is 0.233 e. The van der Waals surface area contributed by atoms with Crippen LogP contribution in [0.5, 0.6) is 5.75 Å². The first kappa shape index (κ1) is 19.8. The standard InChI is InChI=1S/C19H24N2O4S/c1-13-7-5-10-18(15(13)3)20-19(22)14(2)12-26(23,24)21-16-8-6-9-17(11-16)25-4/h5-11,14,21H,12H2,1-4H3,(H,20,22). The van der Waals surface area contributed by atoms with Crippen LogP contribution in [0.15, 0.2) is 42.5 Å². The minimum absolute atomic E-state index is 0.319. The molecular weight excluding hydrogens is 352 g/mol. The first-order chi connectivity index (χ1) is 12.2. The van der Waals surface area contributed by atoms with Crippen LogP contribution in [0.25, 0.3) is 0 Å². The molecule has 0 spiro atoms. The highest BCUT2D eigenvalue weighted by Gasteiger charge is 2.22. The molecule has 0 saturated heterocycles. The van der Waals surface area contributed by atoms with Gasteiger partial charge in [-0.1, -0.05) is 25.1 Å². The third-order valence-electron chi connectivity index (χ3n) is 4.12. The summed E-state index contributed by atoms with van der Waals surface area (Å²) in [5.74, 6) is -0.820. The van der Waals surface area contributed by atoms with E-state index in [1.54, 1.807) is 37.3 Å². The lowest BCUT2D eigenvalue weighted by atomic mass is 10.1. The van der Waals surface area contributed by atoms with Crippen molar-refractivity contribution in [3.8, 4) is 5.75 Å². The van der Waals surface area contributed by atoms with E-state index >= 15 is 0 Å². The maximum Gasteiger partial charge on any atom is 0.233 e. The summed E-state index contributed by atoms with van der Waals surface area (Å²) >= 11 is 0. The highest BCUT2D eigenvalue weighted by Crippen LogP contribution is 2.20. The third kappa shape index (κ3) is 5.23. The van der Waals surface area contributed by atoms with E-state index in [9.17, 15) is 13.2 Å². The van der Waals surface area contributed by atoms with Crippen LogP contribution in [-0.4, -0.2) is 27.2 Å². The number of aryl methyl sites for hydroxylation is 1. The fourth-order valence-electron chi connectivity index (χ4n) is 2.46. The molecule has 0 aromatic heterocycles. The van der Waals surface area contributed by atoms with Crippen LogP contribution in [0, 0.1) is 19.8 Å². The monoisotopic (exact) mass is 376 g/mol. The molecule has 140 valence electrons. The van der Waals surface area contributed by atoms with Gasteiger partial charge in [0.1, 0.15) is 5.75 Å². The molecule has 0 aliphatic rings. The minimum atomic E-state index is -3.68. The maximum atomic E-state index is 12.4. The quantitative estimate of drug-likeness (QED) is 0.776. The second-order valence-corrected chi connectivity index (χ2v) is 8.02. The summed E-state index contributed by atoms with van der Waals surface area (Å²) in [6.45, 7) is 5.46. The molecule has 1 amide bonds. The van der Waals surface area contributed by atoms with Crippen molar-refractivity contribution in [2.24, 2.45) is 5.92 Å². The molecule has 0 heterocycles. The van der Waals surface area contributed by atoms with Gasteiger partial charge in [0.2, 0.25) is 15.9 Å². The molecule has 0 aliphatic carbocycles. The number of ether oxygens (including phenoxy) is 1. The number of nitrogens with one attached hydrogen (secondary N) is 2. The van der Waals surface area contributed by atoms with Gasteiger partial charge in [-0.05, 0) is 43.2 Å². The Morgan fingerprint density at radius 2 is 1.85 bits per heavy atom. The first-order valence-electron chi connectivity index (χ1n) is 8.23. The largest absolute Gasteiger partial charge is 0.497 e. The Labute approximate surface area is 154 Å². The van der Waals surface area contributed by atoms with Crippen LogP contribution >= 0.6 is 0 Å². The molecule has 2 N–H and O–H groups in total. The van der Waals surface area contributed by atoms with Crippen molar-refractivity contribution in [1.29, 1.82) is 0 Å². The number of hydrogen-bond acceptors (Lipinski definition) is 4. The molecule has 1 unspecified atom stereocenters. The number of carbonyl (C=O) groups excluding carboxylic acids is 1. The van der Waals surface area contributed by atoms with E-state index in [-0.39, 0.29) is 11.7 Å². The van der Waals surface area contributed by atoms with Crippen LogP contribution in [0.3, 0.4) is 0 Å². The Morgan fingerprint density at radius 1 is 1.15 bits per heavy atom. The molecule has 26 heavy (non-hydrogen) atoms. The number of rotatable bonds is 7. The normalized spacial score (nSPS) is 12.3. The SMILES string of the molecule is COc1cccc(NS(=O)(=O)CC(C)C(=O)Nc2cccc(C)c2C)c1. The van der Waals surface area contributed by atoms with Crippen LogP contribution in [0.2, 0.25) is 0 Å². The van der Waals surface area contributed by atoms with Crippen molar-refractivity contribution in [3.05, 3.63) is 53.6 Å². The molecule has 1 atom stereocenters. The molecule has 2 aromatic rings. The van der Waals surface area contributed by atoms with E-state index in [4.69, 9.17) is 4.74 Å². The second-order valence-electron chi connectivity index (χ2n) is 6.25. The average Bonchev–Trinajstić information content (AvgIpc) is 2.58. The molecule has 0 fully saturated rings. The van der Waals surface area contributed by atoms with E-state index in [1.165, 1.54) is 7.11 Å². The number of anilines is 2. The second kappa shape index (κ2) is 8.23. The van der Waals surface area contributed by atoms with Gasteiger partial charge >= 0.3 is 0 Å². The van der Waals surface area contributed by atoms with Crippen molar-refractivity contribution < 1.29 is 17.9 Å². The maximum absolute atomic E-state index is 12.4. The molecule has 0 bridgehead atoms. The summed E-state index contributed by atoms with van der Waals surface area (Å²) < 4.78 is 32.3. The molecule has 2 aromatic carbocycles. The Bertz CT molecular complexity index is 894. The molecule has 2 rings (SSSR count). The Morgan fingerprint density at radius 3 is 2.54 bits per heavy atom. The molecule has 0 aliphatic heterocycles. The number of methoxy groups -OCH3 is 1. The minimum Gasteiger partial charge on any atom is -0.497 e. The van der Waals surface area contributed by atoms with E-state index in [2.05, 4.69) is 10.0 Å². The van der Waals surface area contributed by atoms with E-state index in [0.29, 0.717) is 17.1 Å². The van der Waals surface area contributed by atoms with Crippen LogP contribution in [0.1, 0.15) is 18.1 Å². The van der Waals surface area contributed by atoms with Gasteiger partial charge in [0.15, 0.2) is 0 Å². The molecule has 0 saturated carbocycles. The summed E-state index contributed by atoms with van der Waals surface area (Å²) in [4.78, 5) is 12.4. The summed E-state index contributed by atoms with van der Waals surface area (Å²) in [7, 11) is -2.17. The highest BCUT2D eigenvalue weighted by atomic mass is 32.2. The number of sulfonamides is 1. The predicted molar refractivity (Wildman–Crippen MR) is 104 cm³/mol. The lowest BCUT2D eigenvalue weighted by molar-refractivity contribution is -0.118. The summed E-state index contributed by atoms with van der Waals surface area (Å²) in [6, 6.07) is 12.2. The van der Waals surface area contributed by atoms with Crippen molar-refractivity contribution in [2.75, 3.05) is 22.9 Å².